The smallest absolute Gasteiger partial charge is 0.262 e. The summed E-state index contributed by atoms with van der Waals surface area (Å²) < 4.78 is 16.4. The fraction of sp³-hybridized carbons (Fsp3) is 0.0909. The monoisotopic (exact) mass is 442 g/mol. The second-order valence-electron chi connectivity index (χ2n) is 6.35. The Morgan fingerprint density at radius 2 is 1.83 bits per heavy atom. The number of rotatable bonds is 6. The van der Waals surface area contributed by atoms with Crippen molar-refractivity contribution in [3.05, 3.63) is 70.7 Å². The summed E-state index contributed by atoms with van der Waals surface area (Å²) in [5, 5.41) is 3.66. The van der Waals surface area contributed by atoms with Gasteiger partial charge in [0.1, 0.15) is 17.0 Å². The third-order valence-electron chi connectivity index (χ3n) is 4.23. The van der Waals surface area contributed by atoms with Gasteiger partial charge in [0.15, 0.2) is 12.2 Å². The minimum Gasteiger partial charge on any atom is -0.497 e. The van der Waals surface area contributed by atoms with Gasteiger partial charge in [-0.05, 0) is 54.6 Å². The van der Waals surface area contributed by atoms with Crippen molar-refractivity contribution >= 4 is 45.9 Å². The van der Waals surface area contributed by atoms with Crippen LogP contribution >= 0.6 is 23.2 Å². The average molecular weight is 443 g/mol. The first-order valence-electron chi connectivity index (χ1n) is 8.94. The molecule has 0 atom stereocenters. The summed E-state index contributed by atoms with van der Waals surface area (Å²) in [6, 6.07) is 17.4. The summed E-state index contributed by atoms with van der Waals surface area (Å²) in [5.74, 6) is 1.36. The predicted octanol–water partition coefficient (Wildman–Crippen LogP) is 5.83. The molecule has 0 spiro atoms. The maximum absolute atomic E-state index is 12.2. The van der Waals surface area contributed by atoms with Crippen LogP contribution in [0.4, 0.5) is 5.69 Å². The molecule has 1 N–H and O–H groups in total. The maximum atomic E-state index is 12.2. The van der Waals surface area contributed by atoms with Crippen molar-refractivity contribution in [2.45, 2.75) is 0 Å². The Bertz CT molecular complexity index is 1210. The number of aromatic nitrogens is 1. The molecule has 4 rings (SSSR count). The number of nitrogens with zero attached hydrogens (tertiary/aromatic N) is 1. The first-order chi connectivity index (χ1) is 14.5. The fourth-order valence-electron chi connectivity index (χ4n) is 2.83. The van der Waals surface area contributed by atoms with Gasteiger partial charge in [-0.1, -0.05) is 29.3 Å². The summed E-state index contributed by atoms with van der Waals surface area (Å²) in [6.07, 6.45) is 0. The lowest BCUT2D eigenvalue weighted by atomic mass is 10.2. The van der Waals surface area contributed by atoms with E-state index < -0.39 is 0 Å². The van der Waals surface area contributed by atoms with Gasteiger partial charge in [-0.3, -0.25) is 4.79 Å². The largest absolute Gasteiger partial charge is 0.497 e. The summed E-state index contributed by atoms with van der Waals surface area (Å²) in [6.45, 7) is -0.131. The number of amides is 1. The van der Waals surface area contributed by atoms with Crippen molar-refractivity contribution in [3.63, 3.8) is 0 Å². The number of hydrogen-bond acceptors (Lipinski definition) is 5. The number of carbonyl (C=O) groups excluding carboxylic acids is 1. The van der Waals surface area contributed by atoms with E-state index in [2.05, 4.69) is 10.3 Å². The van der Waals surface area contributed by atoms with E-state index in [1.54, 1.807) is 61.7 Å². The zero-order valence-corrected chi connectivity index (χ0v) is 17.3. The van der Waals surface area contributed by atoms with E-state index in [-0.39, 0.29) is 12.5 Å². The molecule has 0 saturated carbocycles. The van der Waals surface area contributed by atoms with Crippen molar-refractivity contribution < 1.29 is 18.7 Å². The second-order valence-corrected chi connectivity index (χ2v) is 7.19. The molecule has 4 aromatic rings. The summed E-state index contributed by atoms with van der Waals surface area (Å²) in [7, 11) is 1.59. The minimum absolute atomic E-state index is 0.131. The van der Waals surface area contributed by atoms with Crippen molar-refractivity contribution in [1.29, 1.82) is 0 Å². The van der Waals surface area contributed by atoms with Crippen LogP contribution in [0, 0.1) is 0 Å². The number of benzene rings is 3. The van der Waals surface area contributed by atoms with Gasteiger partial charge >= 0.3 is 0 Å². The number of halogens is 2. The third-order valence-corrected chi connectivity index (χ3v) is 4.73. The number of carbonyl (C=O) groups is 1. The highest BCUT2D eigenvalue weighted by atomic mass is 35.5. The quantitative estimate of drug-likeness (QED) is 0.406. The third kappa shape index (κ3) is 4.50. The fourth-order valence-corrected chi connectivity index (χ4v) is 3.35. The summed E-state index contributed by atoms with van der Waals surface area (Å²) >= 11 is 12.2. The van der Waals surface area contributed by atoms with Crippen LogP contribution < -0.4 is 14.8 Å². The van der Waals surface area contributed by atoms with Gasteiger partial charge in [0.05, 0.1) is 12.1 Å². The molecule has 0 aliphatic heterocycles. The first kappa shape index (κ1) is 20.1. The maximum Gasteiger partial charge on any atom is 0.262 e. The van der Waals surface area contributed by atoms with Gasteiger partial charge in [0.2, 0.25) is 5.89 Å². The van der Waals surface area contributed by atoms with E-state index in [0.29, 0.717) is 49.8 Å². The molecule has 0 fully saturated rings. The van der Waals surface area contributed by atoms with E-state index in [0.717, 1.165) is 0 Å². The molecule has 0 aliphatic rings. The Balaban J connectivity index is 1.45. The summed E-state index contributed by atoms with van der Waals surface area (Å²) in [5.41, 5.74) is 2.29. The van der Waals surface area contributed by atoms with E-state index in [1.165, 1.54) is 0 Å². The van der Waals surface area contributed by atoms with Gasteiger partial charge in [-0.2, -0.15) is 0 Å². The van der Waals surface area contributed by atoms with Crippen molar-refractivity contribution in [3.8, 4) is 23.0 Å². The van der Waals surface area contributed by atoms with Crippen LogP contribution in [-0.2, 0) is 4.79 Å². The van der Waals surface area contributed by atoms with Crippen molar-refractivity contribution in [1.82, 2.24) is 4.98 Å². The van der Waals surface area contributed by atoms with Gasteiger partial charge in [-0.25, -0.2) is 4.98 Å². The highest BCUT2D eigenvalue weighted by molar-refractivity contribution is 6.38. The van der Waals surface area contributed by atoms with Gasteiger partial charge in [0, 0.05) is 16.3 Å². The van der Waals surface area contributed by atoms with Crippen LogP contribution in [0.2, 0.25) is 10.0 Å². The Morgan fingerprint density at radius 3 is 2.60 bits per heavy atom. The van der Waals surface area contributed by atoms with E-state index >= 15 is 0 Å². The molecule has 3 aromatic carbocycles. The van der Waals surface area contributed by atoms with Crippen LogP contribution in [-0.4, -0.2) is 24.6 Å². The molecule has 152 valence electrons. The lowest BCUT2D eigenvalue weighted by molar-refractivity contribution is -0.118. The first-order valence-corrected chi connectivity index (χ1v) is 9.70. The molecular weight excluding hydrogens is 427 g/mol. The molecule has 8 heteroatoms. The zero-order valence-electron chi connectivity index (χ0n) is 15.8. The Morgan fingerprint density at radius 1 is 1.07 bits per heavy atom. The number of oxazole rings is 1. The predicted molar refractivity (Wildman–Crippen MR) is 117 cm³/mol. The number of hydrogen-bond donors (Lipinski definition) is 1. The lowest BCUT2D eigenvalue weighted by Crippen LogP contribution is -2.20. The minimum atomic E-state index is -0.296. The topological polar surface area (TPSA) is 73.6 Å². The van der Waals surface area contributed by atoms with E-state index in [4.69, 9.17) is 37.1 Å². The van der Waals surface area contributed by atoms with Gasteiger partial charge in [-0.15, -0.1) is 0 Å². The zero-order chi connectivity index (χ0) is 21.1. The lowest BCUT2D eigenvalue weighted by Gasteiger charge is -2.08. The van der Waals surface area contributed by atoms with Gasteiger partial charge in [0.25, 0.3) is 5.91 Å². The standard InChI is InChI=1S/C22H16Cl2N2O4/c1-28-16-5-7-17(8-6-16)29-12-20(27)25-15-4-2-3-13(9-15)22-26-19-11-14(23)10-18(24)21(19)30-22/h2-11H,12H2,1H3,(H,25,27). The van der Waals surface area contributed by atoms with Crippen molar-refractivity contribution in [2.75, 3.05) is 19.0 Å². The van der Waals surface area contributed by atoms with Crippen LogP contribution in [0.25, 0.3) is 22.6 Å². The molecule has 1 amide bonds. The molecule has 0 bridgehead atoms. The summed E-state index contributed by atoms with van der Waals surface area (Å²) in [4.78, 5) is 16.7. The molecule has 1 aromatic heterocycles. The molecule has 0 radical (unpaired) electrons. The van der Waals surface area contributed by atoms with Crippen LogP contribution in [0.1, 0.15) is 0 Å². The number of fused-ring (bicyclic) bond motifs is 1. The van der Waals surface area contributed by atoms with Crippen LogP contribution in [0.15, 0.2) is 65.1 Å². The molecule has 30 heavy (non-hydrogen) atoms. The molecular formula is C22H16Cl2N2O4. The van der Waals surface area contributed by atoms with Crippen LogP contribution in [0.5, 0.6) is 11.5 Å². The van der Waals surface area contributed by atoms with Gasteiger partial charge < -0.3 is 19.2 Å². The molecule has 0 unspecified atom stereocenters. The number of anilines is 1. The SMILES string of the molecule is COc1ccc(OCC(=O)Nc2cccc(-c3nc4cc(Cl)cc(Cl)c4o3)c2)cc1. The highest BCUT2D eigenvalue weighted by Crippen LogP contribution is 2.32. The second kappa shape index (κ2) is 8.65. The average Bonchev–Trinajstić information content (AvgIpc) is 3.17. The number of nitrogens with one attached hydrogen (secondary N) is 1. The normalized spacial score (nSPS) is 10.8. The Labute approximate surface area is 182 Å². The Hall–Kier alpha value is -3.22. The van der Waals surface area contributed by atoms with E-state index in [9.17, 15) is 4.79 Å². The van der Waals surface area contributed by atoms with E-state index in [1.807, 2.05) is 6.07 Å². The Kier molecular flexibility index (Phi) is 5.79. The van der Waals surface area contributed by atoms with Crippen LogP contribution in [0.3, 0.4) is 0 Å². The molecule has 6 nitrogen and oxygen atoms in total. The molecule has 0 saturated heterocycles. The number of ether oxygens (including phenoxy) is 2. The van der Waals surface area contributed by atoms with Crippen molar-refractivity contribution in [2.24, 2.45) is 0 Å². The highest BCUT2D eigenvalue weighted by Gasteiger charge is 2.13. The number of methoxy groups -OCH3 is 1. The molecule has 1 heterocycles. The molecule has 0 aliphatic carbocycles.